The van der Waals surface area contributed by atoms with Crippen LogP contribution in [-0.4, -0.2) is 18.7 Å². The maximum atomic E-state index is 9.68. The number of hydrogen-bond acceptors (Lipinski definition) is 4. The molecule has 0 fully saturated rings. The minimum Gasteiger partial charge on any atom is -0.211 e. The van der Waals surface area contributed by atoms with Crippen molar-refractivity contribution in [1.82, 2.24) is 0 Å². The molecule has 0 heterocycles. The molecule has 0 saturated heterocycles. The van der Waals surface area contributed by atoms with Gasteiger partial charge in [-0.2, -0.15) is 4.99 Å². The topological polar surface area (TPSA) is 58.9 Å². The van der Waals surface area contributed by atoms with Crippen LogP contribution in [0.1, 0.15) is 19.8 Å². The van der Waals surface area contributed by atoms with E-state index in [0.29, 0.717) is 6.54 Å². The second-order valence-electron chi connectivity index (χ2n) is 2.27. The van der Waals surface area contributed by atoms with Crippen LogP contribution < -0.4 is 0 Å². The van der Waals surface area contributed by atoms with Crippen LogP contribution in [0.5, 0.6) is 0 Å². The highest BCUT2D eigenvalue weighted by Gasteiger charge is 1.88. The molecule has 4 heteroatoms. The highest BCUT2D eigenvalue weighted by Crippen LogP contribution is 2.03. The minimum absolute atomic E-state index is 0.472. The van der Waals surface area contributed by atoms with Gasteiger partial charge in [0.15, 0.2) is 0 Å². The lowest BCUT2D eigenvalue weighted by atomic mass is 10.2. The van der Waals surface area contributed by atoms with Crippen LogP contribution >= 0.6 is 0 Å². The highest BCUT2D eigenvalue weighted by molar-refractivity contribution is 5.35. The van der Waals surface area contributed by atoms with Gasteiger partial charge in [-0.3, -0.25) is 0 Å². The third-order valence-corrected chi connectivity index (χ3v) is 1.24. The Morgan fingerprint density at radius 1 is 1.42 bits per heavy atom. The fraction of sp³-hybridized carbons (Fsp3) is 0.500. The van der Waals surface area contributed by atoms with Crippen molar-refractivity contribution < 1.29 is 9.59 Å². The van der Waals surface area contributed by atoms with E-state index in [-0.39, 0.29) is 0 Å². The van der Waals surface area contributed by atoms with Gasteiger partial charge in [0, 0.05) is 6.20 Å². The summed E-state index contributed by atoms with van der Waals surface area (Å²) in [6, 6.07) is 0. The Morgan fingerprint density at radius 3 is 2.75 bits per heavy atom. The van der Waals surface area contributed by atoms with Crippen molar-refractivity contribution in [1.29, 1.82) is 0 Å². The van der Waals surface area contributed by atoms with Crippen molar-refractivity contribution in [3.63, 3.8) is 0 Å². The molecule has 0 spiro atoms. The molecule has 64 valence electrons. The summed E-state index contributed by atoms with van der Waals surface area (Å²) in [6.45, 7) is 2.32. The van der Waals surface area contributed by atoms with E-state index >= 15 is 0 Å². The lowest BCUT2D eigenvalue weighted by Crippen LogP contribution is -1.82. The van der Waals surface area contributed by atoms with Gasteiger partial charge < -0.3 is 0 Å². The van der Waals surface area contributed by atoms with Gasteiger partial charge in [0.25, 0.3) is 0 Å². The van der Waals surface area contributed by atoms with Gasteiger partial charge >= 0.3 is 0 Å². The number of hydrogen-bond donors (Lipinski definition) is 0. The maximum Gasteiger partial charge on any atom is 0.239 e. The molecule has 0 saturated carbocycles. The molecule has 4 nitrogen and oxygen atoms in total. The first-order valence-corrected chi connectivity index (χ1v) is 3.57. The molecule has 0 aromatic carbocycles. The molecule has 0 amide bonds. The van der Waals surface area contributed by atoms with Crippen LogP contribution in [0.3, 0.4) is 0 Å². The predicted octanol–water partition coefficient (Wildman–Crippen LogP) is 1.34. The van der Waals surface area contributed by atoms with E-state index in [4.69, 9.17) is 0 Å². The minimum atomic E-state index is 0.472. The maximum absolute atomic E-state index is 9.68. The predicted molar refractivity (Wildman–Crippen MR) is 44.1 cm³/mol. The quantitative estimate of drug-likeness (QED) is 0.351. The van der Waals surface area contributed by atoms with Crippen LogP contribution in [0.2, 0.25) is 0 Å². The Hall–Kier alpha value is -1.50. The van der Waals surface area contributed by atoms with Gasteiger partial charge in [-0.25, -0.2) is 14.6 Å². The molecule has 0 unspecified atom stereocenters. The molecule has 0 aromatic heterocycles. The molecule has 0 rings (SSSR count). The number of nitrogens with zero attached hydrogens (tertiary/aromatic N) is 2. The molecule has 0 bridgehead atoms. The first kappa shape index (κ1) is 10.5. The molecular weight excluding hydrogens is 156 g/mol. The molecule has 12 heavy (non-hydrogen) atoms. The fourth-order valence-corrected chi connectivity index (χ4v) is 0.684. The third kappa shape index (κ3) is 6.62. The van der Waals surface area contributed by atoms with Crippen LogP contribution in [-0.2, 0) is 9.59 Å². The van der Waals surface area contributed by atoms with Crippen molar-refractivity contribution in [2.75, 3.05) is 6.54 Å². The highest BCUT2D eigenvalue weighted by atomic mass is 16.1. The van der Waals surface area contributed by atoms with E-state index in [9.17, 15) is 9.59 Å². The Labute approximate surface area is 70.7 Å². The van der Waals surface area contributed by atoms with Gasteiger partial charge in [-0.1, -0.05) is 5.57 Å². The SMILES string of the molecule is C/C(=C\N=C=O)CCCN=C=O. The van der Waals surface area contributed by atoms with Gasteiger partial charge in [0.2, 0.25) is 12.2 Å². The van der Waals surface area contributed by atoms with E-state index in [2.05, 4.69) is 9.98 Å². The zero-order chi connectivity index (χ0) is 9.23. The Kier molecular flexibility index (Phi) is 6.65. The number of carbonyl (C=O) groups excluding carboxylic acids is 2. The van der Waals surface area contributed by atoms with Gasteiger partial charge in [0.05, 0.1) is 6.54 Å². The molecule has 0 aliphatic rings. The van der Waals surface area contributed by atoms with E-state index in [1.807, 2.05) is 6.92 Å². The third-order valence-electron chi connectivity index (χ3n) is 1.24. The first-order valence-electron chi connectivity index (χ1n) is 3.57. The lowest BCUT2D eigenvalue weighted by Gasteiger charge is -1.93. The standard InChI is InChI=1S/C8H10N2O2/c1-8(5-10-7-12)3-2-4-9-6-11/h5H,2-4H2,1H3/b8-5+. The van der Waals surface area contributed by atoms with Crippen molar-refractivity contribution >= 4 is 12.2 Å². The summed E-state index contributed by atoms with van der Waals surface area (Å²) in [6.07, 6.45) is 5.87. The first-order chi connectivity index (χ1) is 5.81. The van der Waals surface area contributed by atoms with Crippen LogP contribution in [0.25, 0.3) is 0 Å². The molecule has 0 atom stereocenters. The van der Waals surface area contributed by atoms with Crippen molar-refractivity contribution in [3.8, 4) is 0 Å². The lowest BCUT2D eigenvalue weighted by molar-refractivity contribution is 0.562. The summed E-state index contributed by atoms with van der Waals surface area (Å²) in [5, 5.41) is 0. The normalized spacial score (nSPS) is 9.92. The summed E-state index contributed by atoms with van der Waals surface area (Å²) < 4.78 is 0. The molecule has 0 radical (unpaired) electrons. The second-order valence-corrected chi connectivity index (χ2v) is 2.27. The molecule has 0 N–H and O–H groups in total. The van der Waals surface area contributed by atoms with E-state index < -0.39 is 0 Å². The Bertz CT molecular complexity index is 246. The number of isocyanates is 2. The number of allylic oxidation sites excluding steroid dienone is 1. The number of aliphatic imine (C=N–C) groups is 2. The molecule has 0 aromatic rings. The van der Waals surface area contributed by atoms with Gasteiger partial charge in [0.1, 0.15) is 0 Å². The van der Waals surface area contributed by atoms with E-state index in [1.165, 1.54) is 18.4 Å². The second kappa shape index (κ2) is 7.61. The summed E-state index contributed by atoms with van der Waals surface area (Å²) in [5.41, 5.74) is 0.972. The smallest absolute Gasteiger partial charge is 0.211 e. The van der Waals surface area contributed by atoms with Gasteiger partial charge in [-0.15, -0.1) is 0 Å². The van der Waals surface area contributed by atoms with Crippen LogP contribution in [0.15, 0.2) is 21.8 Å². The average Bonchev–Trinajstić information content (AvgIpc) is 2.09. The Morgan fingerprint density at radius 2 is 2.17 bits per heavy atom. The van der Waals surface area contributed by atoms with Crippen molar-refractivity contribution in [2.45, 2.75) is 19.8 Å². The summed E-state index contributed by atoms with van der Waals surface area (Å²) in [4.78, 5) is 26.0. The fourth-order valence-electron chi connectivity index (χ4n) is 0.684. The zero-order valence-corrected chi connectivity index (χ0v) is 6.91. The molecule has 0 aliphatic carbocycles. The van der Waals surface area contributed by atoms with Crippen LogP contribution in [0.4, 0.5) is 0 Å². The zero-order valence-electron chi connectivity index (χ0n) is 6.91. The van der Waals surface area contributed by atoms with E-state index in [0.717, 1.165) is 18.4 Å². The monoisotopic (exact) mass is 166 g/mol. The summed E-state index contributed by atoms with van der Waals surface area (Å²) >= 11 is 0. The summed E-state index contributed by atoms with van der Waals surface area (Å²) in [5.74, 6) is 0. The average molecular weight is 166 g/mol. The number of rotatable bonds is 5. The van der Waals surface area contributed by atoms with E-state index in [1.54, 1.807) is 0 Å². The van der Waals surface area contributed by atoms with Crippen molar-refractivity contribution in [3.05, 3.63) is 11.8 Å². The van der Waals surface area contributed by atoms with Gasteiger partial charge in [-0.05, 0) is 19.8 Å². The largest absolute Gasteiger partial charge is 0.239 e. The van der Waals surface area contributed by atoms with Crippen molar-refractivity contribution in [2.24, 2.45) is 9.98 Å². The molecule has 0 aliphatic heterocycles. The molecular formula is C8H10N2O2. The Balaban J connectivity index is 3.62. The van der Waals surface area contributed by atoms with Crippen LogP contribution in [0, 0.1) is 0 Å². The summed E-state index contributed by atoms with van der Waals surface area (Å²) in [7, 11) is 0.